The number of nitrogens with one attached hydrogen (secondary N) is 1. The molecule has 0 unspecified atom stereocenters. The lowest BCUT2D eigenvalue weighted by molar-refractivity contribution is 0.0583. The van der Waals surface area contributed by atoms with Gasteiger partial charge in [0.1, 0.15) is 5.60 Å². The van der Waals surface area contributed by atoms with E-state index in [2.05, 4.69) is 28.6 Å². The Labute approximate surface area is 148 Å². The summed E-state index contributed by atoms with van der Waals surface area (Å²) in [5.41, 5.74) is 2.85. The Balaban J connectivity index is 1.65. The molecule has 1 aromatic carbocycles. The van der Waals surface area contributed by atoms with Crippen molar-refractivity contribution in [3.05, 3.63) is 47.8 Å². The van der Waals surface area contributed by atoms with E-state index in [1.54, 1.807) is 11.1 Å². The lowest BCUT2D eigenvalue weighted by Gasteiger charge is -2.26. The third-order valence-corrected chi connectivity index (χ3v) is 4.08. The van der Waals surface area contributed by atoms with E-state index in [4.69, 9.17) is 4.74 Å². The number of para-hydroxylation sites is 1. The van der Waals surface area contributed by atoms with Crippen LogP contribution in [0.2, 0.25) is 0 Å². The minimum absolute atomic E-state index is 0.268. The molecule has 0 radical (unpaired) electrons. The molecule has 0 fully saturated rings. The molecule has 0 bridgehead atoms. The van der Waals surface area contributed by atoms with Crippen LogP contribution in [0.15, 0.2) is 36.7 Å². The number of hydrogen-bond acceptors (Lipinski definition) is 4. The Bertz CT molecular complexity index is 720. The van der Waals surface area contributed by atoms with Crippen molar-refractivity contribution in [3.63, 3.8) is 0 Å². The molecule has 0 spiro atoms. The molecule has 0 saturated carbocycles. The fourth-order valence-corrected chi connectivity index (χ4v) is 3.03. The summed E-state index contributed by atoms with van der Waals surface area (Å²) in [7, 11) is 0. The predicted molar refractivity (Wildman–Crippen MR) is 97.7 cm³/mol. The number of hydrogen-bond donors (Lipinski definition) is 1. The number of fused-ring (bicyclic) bond motifs is 1. The highest BCUT2D eigenvalue weighted by molar-refractivity contribution is 5.91. The first kappa shape index (κ1) is 17.5. The largest absolute Gasteiger partial charge is 0.443 e. The molecule has 1 aliphatic heterocycles. The van der Waals surface area contributed by atoms with Crippen LogP contribution in [0.5, 0.6) is 0 Å². The summed E-state index contributed by atoms with van der Waals surface area (Å²) in [5, 5.41) is 7.63. The first-order valence-electron chi connectivity index (χ1n) is 8.73. The van der Waals surface area contributed by atoms with E-state index in [1.807, 2.05) is 37.7 Å². The highest BCUT2D eigenvalue weighted by Crippen LogP contribution is 2.33. The van der Waals surface area contributed by atoms with E-state index in [-0.39, 0.29) is 6.09 Å². The summed E-state index contributed by atoms with van der Waals surface area (Å²) >= 11 is 0. The zero-order valence-electron chi connectivity index (χ0n) is 15.2. The molecule has 134 valence electrons. The fraction of sp³-hybridized carbons (Fsp3) is 0.474. The number of aromatic nitrogens is 2. The van der Waals surface area contributed by atoms with Gasteiger partial charge in [-0.3, -0.25) is 9.58 Å². The standard InChI is InChI=1S/C19H26N4O2/c1-19(2,3)25-18(24)23-12-8-15-6-4-7-16(17(15)23)14-20-10-13-22-11-5-9-21-22/h4-7,9,11,20H,8,10,12-14H2,1-3H3. The summed E-state index contributed by atoms with van der Waals surface area (Å²) in [6.45, 7) is 8.70. The molecular weight excluding hydrogens is 316 g/mol. The van der Waals surface area contributed by atoms with Gasteiger partial charge in [-0.2, -0.15) is 5.10 Å². The van der Waals surface area contributed by atoms with E-state index < -0.39 is 5.60 Å². The molecule has 1 aliphatic rings. The van der Waals surface area contributed by atoms with Gasteiger partial charge in [0, 0.05) is 32.0 Å². The summed E-state index contributed by atoms with van der Waals surface area (Å²) in [6.07, 6.45) is 4.33. The third kappa shape index (κ3) is 4.39. The first-order valence-corrected chi connectivity index (χ1v) is 8.73. The minimum atomic E-state index is -0.489. The van der Waals surface area contributed by atoms with Crippen molar-refractivity contribution >= 4 is 11.8 Å². The number of nitrogens with zero attached hydrogens (tertiary/aromatic N) is 3. The number of ether oxygens (including phenoxy) is 1. The van der Waals surface area contributed by atoms with E-state index in [0.29, 0.717) is 13.1 Å². The number of rotatable bonds is 5. The van der Waals surface area contributed by atoms with Gasteiger partial charge >= 0.3 is 6.09 Å². The van der Waals surface area contributed by atoms with Crippen LogP contribution >= 0.6 is 0 Å². The van der Waals surface area contributed by atoms with Crippen LogP contribution in [-0.4, -0.2) is 34.6 Å². The second-order valence-corrected chi connectivity index (χ2v) is 7.25. The maximum atomic E-state index is 12.5. The first-order chi connectivity index (χ1) is 11.9. The predicted octanol–water partition coefficient (Wildman–Crippen LogP) is 2.97. The van der Waals surface area contributed by atoms with Gasteiger partial charge in [-0.1, -0.05) is 18.2 Å². The van der Waals surface area contributed by atoms with Crippen LogP contribution in [0.25, 0.3) is 0 Å². The lowest BCUT2D eigenvalue weighted by Crippen LogP contribution is -2.36. The van der Waals surface area contributed by atoms with E-state index >= 15 is 0 Å². The highest BCUT2D eigenvalue weighted by Gasteiger charge is 2.30. The quantitative estimate of drug-likeness (QED) is 0.849. The number of amides is 1. The summed E-state index contributed by atoms with van der Waals surface area (Å²) < 4.78 is 7.46. The molecule has 2 heterocycles. The van der Waals surface area contributed by atoms with Gasteiger partial charge in [-0.25, -0.2) is 4.79 Å². The SMILES string of the molecule is CC(C)(C)OC(=O)N1CCc2cccc(CNCCn3cccn3)c21. The van der Waals surface area contributed by atoms with E-state index in [9.17, 15) is 4.79 Å². The van der Waals surface area contributed by atoms with Gasteiger partial charge < -0.3 is 10.1 Å². The van der Waals surface area contributed by atoms with Crippen molar-refractivity contribution in [2.75, 3.05) is 18.0 Å². The van der Waals surface area contributed by atoms with E-state index in [0.717, 1.165) is 30.8 Å². The van der Waals surface area contributed by atoms with Gasteiger partial charge in [0.15, 0.2) is 0 Å². The van der Waals surface area contributed by atoms with Gasteiger partial charge in [0.05, 0.1) is 12.2 Å². The Hall–Kier alpha value is -2.34. The molecule has 6 nitrogen and oxygen atoms in total. The number of anilines is 1. The Morgan fingerprint density at radius 3 is 2.88 bits per heavy atom. The zero-order valence-corrected chi connectivity index (χ0v) is 15.2. The molecule has 1 amide bonds. The van der Waals surface area contributed by atoms with Crippen molar-refractivity contribution in [2.24, 2.45) is 0 Å². The summed E-state index contributed by atoms with van der Waals surface area (Å²) in [6, 6.07) is 8.14. The topological polar surface area (TPSA) is 59.4 Å². The fourth-order valence-electron chi connectivity index (χ4n) is 3.03. The molecule has 6 heteroatoms. The summed E-state index contributed by atoms with van der Waals surface area (Å²) in [4.78, 5) is 14.3. The van der Waals surface area contributed by atoms with Gasteiger partial charge in [0.25, 0.3) is 0 Å². The van der Waals surface area contributed by atoms with Gasteiger partial charge in [0.2, 0.25) is 0 Å². The molecular formula is C19H26N4O2. The Morgan fingerprint density at radius 1 is 1.32 bits per heavy atom. The lowest BCUT2D eigenvalue weighted by atomic mass is 10.1. The van der Waals surface area contributed by atoms with Crippen molar-refractivity contribution in [2.45, 2.75) is 45.9 Å². The third-order valence-electron chi connectivity index (χ3n) is 4.08. The van der Waals surface area contributed by atoms with Crippen molar-refractivity contribution < 1.29 is 9.53 Å². The number of benzene rings is 1. The van der Waals surface area contributed by atoms with E-state index in [1.165, 1.54) is 5.56 Å². The molecule has 3 rings (SSSR count). The Morgan fingerprint density at radius 2 is 2.16 bits per heavy atom. The maximum Gasteiger partial charge on any atom is 0.414 e. The normalized spacial score (nSPS) is 13.8. The number of carbonyl (C=O) groups excluding carboxylic acids is 1. The second-order valence-electron chi connectivity index (χ2n) is 7.25. The molecule has 1 N–H and O–H groups in total. The molecule has 0 aliphatic carbocycles. The smallest absolute Gasteiger partial charge is 0.414 e. The van der Waals surface area contributed by atoms with Crippen LogP contribution in [0.3, 0.4) is 0 Å². The van der Waals surface area contributed by atoms with Gasteiger partial charge in [-0.15, -0.1) is 0 Å². The van der Waals surface area contributed by atoms with Crippen LogP contribution in [-0.2, 0) is 24.2 Å². The van der Waals surface area contributed by atoms with Crippen molar-refractivity contribution in [1.82, 2.24) is 15.1 Å². The average molecular weight is 342 g/mol. The van der Waals surface area contributed by atoms with Crippen molar-refractivity contribution in [1.29, 1.82) is 0 Å². The van der Waals surface area contributed by atoms with Gasteiger partial charge in [-0.05, 0) is 44.4 Å². The molecule has 2 aromatic rings. The van der Waals surface area contributed by atoms with Crippen LogP contribution in [0, 0.1) is 0 Å². The zero-order chi connectivity index (χ0) is 17.9. The molecule has 1 aromatic heterocycles. The monoisotopic (exact) mass is 342 g/mol. The highest BCUT2D eigenvalue weighted by atomic mass is 16.6. The Kier molecular flexibility index (Phi) is 5.08. The second kappa shape index (κ2) is 7.27. The molecule has 0 atom stereocenters. The minimum Gasteiger partial charge on any atom is -0.443 e. The summed E-state index contributed by atoms with van der Waals surface area (Å²) in [5.74, 6) is 0. The van der Waals surface area contributed by atoms with Crippen LogP contribution < -0.4 is 10.2 Å². The van der Waals surface area contributed by atoms with Crippen LogP contribution in [0.4, 0.5) is 10.5 Å². The maximum absolute atomic E-state index is 12.5. The number of carbonyl (C=O) groups is 1. The average Bonchev–Trinajstić information content (AvgIpc) is 3.19. The van der Waals surface area contributed by atoms with Crippen molar-refractivity contribution in [3.8, 4) is 0 Å². The molecule has 0 saturated heterocycles. The van der Waals surface area contributed by atoms with Crippen LogP contribution in [0.1, 0.15) is 31.9 Å². The molecule has 25 heavy (non-hydrogen) atoms.